The van der Waals surface area contributed by atoms with Crippen molar-refractivity contribution in [3.05, 3.63) is 0 Å². The molecule has 0 heterocycles. The molecule has 1 fully saturated rings. The van der Waals surface area contributed by atoms with Crippen molar-refractivity contribution in [1.29, 1.82) is 0 Å². The first-order valence-electron chi connectivity index (χ1n) is 7.69. The lowest BCUT2D eigenvalue weighted by Crippen LogP contribution is -2.41. The van der Waals surface area contributed by atoms with Gasteiger partial charge in [-0.3, -0.25) is 9.59 Å². The molecule has 1 aliphatic rings. The summed E-state index contributed by atoms with van der Waals surface area (Å²) in [6.07, 6.45) is 6.07. The number of hydrogen-bond donors (Lipinski definition) is 3. The molecule has 0 bridgehead atoms. The summed E-state index contributed by atoms with van der Waals surface area (Å²) in [6, 6.07) is 0.257. The minimum atomic E-state index is -0.752. The number of carboxylic acids is 1. The van der Waals surface area contributed by atoms with Crippen LogP contribution < -0.4 is 11.1 Å². The SMILES string of the molecule is CC(CCCC(C)C(=O)O)NC(=O)C1CCCC(N)C1. The van der Waals surface area contributed by atoms with E-state index in [2.05, 4.69) is 5.32 Å². The van der Waals surface area contributed by atoms with Gasteiger partial charge in [0.2, 0.25) is 5.91 Å². The average Bonchev–Trinajstić information content (AvgIpc) is 2.38. The molecule has 0 aromatic rings. The summed E-state index contributed by atoms with van der Waals surface area (Å²) in [5.41, 5.74) is 5.90. The molecule has 0 aromatic heterocycles. The summed E-state index contributed by atoms with van der Waals surface area (Å²) in [5, 5.41) is 11.8. The zero-order valence-electron chi connectivity index (χ0n) is 12.6. The molecule has 4 N–H and O–H groups in total. The number of carbonyl (C=O) groups excluding carboxylic acids is 1. The van der Waals surface area contributed by atoms with Crippen molar-refractivity contribution in [3.8, 4) is 0 Å². The van der Waals surface area contributed by atoms with Gasteiger partial charge in [0.15, 0.2) is 0 Å². The van der Waals surface area contributed by atoms with Gasteiger partial charge < -0.3 is 16.2 Å². The van der Waals surface area contributed by atoms with Gasteiger partial charge in [-0.2, -0.15) is 0 Å². The third kappa shape index (κ3) is 5.90. The molecule has 1 aliphatic carbocycles. The van der Waals surface area contributed by atoms with E-state index in [1.165, 1.54) is 0 Å². The predicted octanol–water partition coefficient (Wildman–Crippen LogP) is 1.90. The smallest absolute Gasteiger partial charge is 0.306 e. The molecule has 4 unspecified atom stereocenters. The van der Waals surface area contributed by atoms with Gasteiger partial charge in [-0.1, -0.05) is 19.8 Å². The third-order valence-corrected chi connectivity index (χ3v) is 4.17. The van der Waals surface area contributed by atoms with E-state index in [0.717, 1.165) is 38.5 Å². The van der Waals surface area contributed by atoms with Crippen molar-refractivity contribution < 1.29 is 14.7 Å². The molecular weight excluding hydrogens is 256 g/mol. The Morgan fingerprint density at radius 3 is 2.60 bits per heavy atom. The largest absolute Gasteiger partial charge is 0.481 e. The fourth-order valence-electron chi connectivity index (χ4n) is 2.75. The van der Waals surface area contributed by atoms with Crippen LogP contribution in [0.2, 0.25) is 0 Å². The first-order valence-corrected chi connectivity index (χ1v) is 7.69. The number of aliphatic carboxylic acids is 1. The van der Waals surface area contributed by atoms with E-state index in [-0.39, 0.29) is 29.8 Å². The molecular formula is C15H28N2O3. The average molecular weight is 284 g/mol. The Kier molecular flexibility index (Phi) is 6.99. The fraction of sp³-hybridized carbons (Fsp3) is 0.867. The molecule has 20 heavy (non-hydrogen) atoms. The minimum absolute atomic E-state index is 0.0548. The summed E-state index contributed by atoms with van der Waals surface area (Å²) in [7, 11) is 0. The summed E-state index contributed by atoms with van der Waals surface area (Å²) in [4.78, 5) is 22.8. The number of carbonyl (C=O) groups is 2. The second-order valence-electron chi connectivity index (χ2n) is 6.20. The van der Waals surface area contributed by atoms with Crippen LogP contribution >= 0.6 is 0 Å². The Bertz CT molecular complexity index is 333. The minimum Gasteiger partial charge on any atom is -0.481 e. The number of hydrogen-bond acceptors (Lipinski definition) is 3. The van der Waals surface area contributed by atoms with Crippen LogP contribution in [0.1, 0.15) is 58.8 Å². The molecule has 5 heteroatoms. The number of amides is 1. The Balaban J connectivity index is 2.22. The third-order valence-electron chi connectivity index (χ3n) is 4.17. The molecule has 0 saturated heterocycles. The van der Waals surface area contributed by atoms with Crippen molar-refractivity contribution in [2.75, 3.05) is 0 Å². The van der Waals surface area contributed by atoms with Crippen LogP contribution in [0.5, 0.6) is 0 Å². The lowest BCUT2D eigenvalue weighted by molar-refractivity contribution is -0.141. The first-order chi connectivity index (χ1) is 9.40. The van der Waals surface area contributed by atoms with Crippen LogP contribution in [0.3, 0.4) is 0 Å². The Hall–Kier alpha value is -1.10. The highest BCUT2D eigenvalue weighted by Gasteiger charge is 2.25. The van der Waals surface area contributed by atoms with Gasteiger partial charge in [0.05, 0.1) is 5.92 Å². The maximum atomic E-state index is 12.1. The number of carboxylic acid groups (broad SMARTS) is 1. The summed E-state index contributed by atoms with van der Waals surface area (Å²) < 4.78 is 0. The van der Waals surface area contributed by atoms with Crippen molar-refractivity contribution in [1.82, 2.24) is 5.32 Å². The first kappa shape index (κ1) is 17.0. The normalized spacial score (nSPS) is 25.8. The van der Waals surface area contributed by atoms with Crippen LogP contribution in [0.15, 0.2) is 0 Å². The molecule has 4 atom stereocenters. The second kappa shape index (κ2) is 8.25. The van der Waals surface area contributed by atoms with Crippen LogP contribution in [-0.4, -0.2) is 29.1 Å². The zero-order chi connectivity index (χ0) is 15.1. The quantitative estimate of drug-likeness (QED) is 0.665. The van der Waals surface area contributed by atoms with Gasteiger partial charge in [-0.15, -0.1) is 0 Å². The highest BCUT2D eigenvalue weighted by Crippen LogP contribution is 2.23. The summed E-state index contributed by atoms with van der Waals surface area (Å²) >= 11 is 0. The van der Waals surface area contributed by atoms with Crippen LogP contribution in [-0.2, 0) is 9.59 Å². The van der Waals surface area contributed by atoms with Crippen molar-refractivity contribution in [2.45, 2.75) is 70.9 Å². The van der Waals surface area contributed by atoms with Gasteiger partial charge in [-0.05, 0) is 39.0 Å². The van der Waals surface area contributed by atoms with E-state index in [1.54, 1.807) is 6.92 Å². The lowest BCUT2D eigenvalue weighted by Gasteiger charge is -2.27. The monoisotopic (exact) mass is 284 g/mol. The van der Waals surface area contributed by atoms with Crippen LogP contribution in [0.4, 0.5) is 0 Å². The molecule has 116 valence electrons. The Labute approximate surface area is 121 Å². The number of nitrogens with one attached hydrogen (secondary N) is 1. The van der Waals surface area contributed by atoms with Gasteiger partial charge in [0, 0.05) is 18.0 Å². The fourth-order valence-corrected chi connectivity index (χ4v) is 2.75. The highest BCUT2D eigenvalue weighted by molar-refractivity contribution is 5.79. The van der Waals surface area contributed by atoms with E-state index in [9.17, 15) is 9.59 Å². The highest BCUT2D eigenvalue weighted by atomic mass is 16.4. The molecule has 1 saturated carbocycles. The Morgan fingerprint density at radius 2 is 2.00 bits per heavy atom. The van der Waals surface area contributed by atoms with E-state index >= 15 is 0 Å². The maximum absolute atomic E-state index is 12.1. The molecule has 5 nitrogen and oxygen atoms in total. The van der Waals surface area contributed by atoms with Gasteiger partial charge in [0.25, 0.3) is 0 Å². The topological polar surface area (TPSA) is 92.4 Å². The predicted molar refractivity (Wildman–Crippen MR) is 78.2 cm³/mol. The van der Waals surface area contributed by atoms with Gasteiger partial charge >= 0.3 is 5.97 Å². The van der Waals surface area contributed by atoms with Crippen molar-refractivity contribution in [2.24, 2.45) is 17.6 Å². The summed E-state index contributed by atoms with van der Waals surface area (Å²) in [5.74, 6) is -0.898. The van der Waals surface area contributed by atoms with Crippen molar-refractivity contribution >= 4 is 11.9 Å². The standard InChI is InChI=1S/C15H28N2O3/c1-10(15(19)20)5-3-6-11(2)17-14(18)12-7-4-8-13(16)9-12/h10-13H,3-9,16H2,1-2H3,(H,17,18)(H,19,20). The van der Waals surface area contributed by atoms with Gasteiger partial charge in [-0.25, -0.2) is 0 Å². The molecule has 1 amide bonds. The molecule has 0 spiro atoms. The zero-order valence-corrected chi connectivity index (χ0v) is 12.6. The van der Waals surface area contributed by atoms with Gasteiger partial charge in [0.1, 0.15) is 0 Å². The molecule has 0 radical (unpaired) electrons. The maximum Gasteiger partial charge on any atom is 0.306 e. The lowest BCUT2D eigenvalue weighted by atomic mass is 9.85. The molecule has 0 aromatic carbocycles. The van der Waals surface area contributed by atoms with E-state index in [4.69, 9.17) is 10.8 Å². The number of nitrogens with two attached hydrogens (primary N) is 1. The van der Waals surface area contributed by atoms with E-state index in [1.807, 2.05) is 6.92 Å². The number of rotatable bonds is 7. The van der Waals surface area contributed by atoms with Crippen molar-refractivity contribution in [3.63, 3.8) is 0 Å². The van der Waals surface area contributed by atoms with Crippen LogP contribution in [0, 0.1) is 11.8 Å². The Morgan fingerprint density at radius 1 is 1.30 bits per heavy atom. The molecule has 0 aliphatic heterocycles. The van der Waals surface area contributed by atoms with Crippen LogP contribution in [0.25, 0.3) is 0 Å². The molecule has 1 rings (SSSR count). The van der Waals surface area contributed by atoms with E-state index in [0.29, 0.717) is 6.42 Å². The summed E-state index contributed by atoms with van der Waals surface area (Å²) in [6.45, 7) is 3.70. The second-order valence-corrected chi connectivity index (χ2v) is 6.20. The van der Waals surface area contributed by atoms with E-state index < -0.39 is 5.97 Å².